The van der Waals surface area contributed by atoms with E-state index in [1.807, 2.05) is 6.07 Å². The molecule has 0 bridgehead atoms. The van der Waals surface area contributed by atoms with Gasteiger partial charge in [-0.15, -0.1) is 0 Å². The van der Waals surface area contributed by atoms with Gasteiger partial charge in [0.25, 0.3) is 0 Å². The molecule has 0 aliphatic carbocycles. The summed E-state index contributed by atoms with van der Waals surface area (Å²) >= 11 is 9.08. The summed E-state index contributed by atoms with van der Waals surface area (Å²) in [6, 6.07) is 4.94. The fourth-order valence-corrected chi connectivity index (χ4v) is 1.62. The third kappa shape index (κ3) is 2.20. The van der Waals surface area contributed by atoms with Gasteiger partial charge in [-0.1, -0.05) is 27.5 Å². The SMILES string of the molecule is N[C@H](CO)c1cc(Cl)ccc1Br. The van der Waals surface area contributed by atoms with Crippen LogP contribution in [0.15, 0.2) is 22.7 Å². The van der Waals surface area contributed by atoms with Crippen LogP contribution in [-0.4, -0.2) is 11.7 Å². The summed E-state index contributed by atoms with van der Waals surface area (Å²) in [5.74, 6) is 0. The highest BCUT2D eigenvalue weighted by atomic mass is 79.9. The maximum absolute atomic E-state index is 8.81. The third-order valence-corrected chi connectivity index (χ3v) is 2.51. The first-order chi connectivity index (χ1) is 5.65. The second-order valence-corrected chi connectivity index (χ2v) is 3.75. The molecule has 0 unspecified atom stereocenters. The van der Waals surface area contributed by atoms with Crippen molar-refractivity contribution in [3.05, 3.63) is 33.3 Å². The molecule has 66 valence electrons. The molecule has 0 aliphatic rings. The van der Waals surface area contributed by atoms with E-state index < -0.39 is 0 Å². The minimum Gasteiger partial charge on any atom is -0.394 e. The van der Waals surface area contributed by atoms with Crippen molar-refractivity contribution in [3.8, 4) is 0 Å². The molecule has 0 saturated heterocycles. The number of benzene rings is 1. The van der Waals surface area contributed by atoms with E-state index in [4.69, 9.17) is 22.4 Å². The van der Waals surface area contributed by atoms with Crippen LogP contribution in [0.2, 0.25) is 5.02 Å². The Kier molecular flexibility index (Phi) is 3.53. The molecule has 0 heterocycles. The molecule has 0 aromatic heterocycles. The van der Waals surface area contributed by atoms with E-state index in [1.54, 1.807) is 12.1 Å². The molecule has 0 saturated carbocycles. The Bertz CT molecular complexity index is 280. The van der Waals surface area contributed by atoms with E-state index in [0.717, 1.165) is 10.0 Å². The van der Waals surface area contributed by atoms with Crippen molar-refractivity contribution in [2.45, 2.75) is 6.04 Å². The standard InChI is InChI=1S/C8H9BrClNO/c9-7-2-1-5(10)3-6(7)8(11)4-12/h1-3,8,12H,4,11H2/t8-/m1/s1. The molecule has 0 spiro atoms. The summed E-state index contributed by atoms with van der Waals surface area (Å²) < 4.78 is 0.869. The zero-order chi connectivity index (χ0) is 9.14. The monoisotopic (exact) mass is 249 g/mol. The number of hydrogen-bond acceptors (Lipinski definition) is 2. The van der Waals surface area contributed by atoms with E-state index in [-0.39, 0.29) is 12.6 Å². The van der Waals surface area contributed by atoms with Crippen LogP contribution in [0.5, 0.6) is 0 Å². The van der Waals surface area contributed by atoms with Crippen LogP contribution in [0.25, 0.3) is 0 Å². The molecule has 1 aromatic carbocycles. The van der Waals surface area contributed by atoms with Crippen LogP contribution >= 0.6 is 27.5 Å². The normalized spacial score (nSPS) is 13.0. The Hall–Kier alpha value is -0.0900. The van der Waals surface area contributed by atoms with E-state index in [0.29, 0.717) is 5.02 Å². The van der Waals surface area contributed by atoms with Crippen molar-refractivity contribution in [1.29, 1.82) is 0 Å². The molecule has 0 aliphatic heterocycles. The Labute approximate surface area is 84.5 Å². The topological polar surface area (TPSA) is 46.2 Å². The van der Waals surface area contributed by atoms with Crippen molar-refractivity contribution >= 4 is 27.5 Å². The average Bonchev–Trinajstić information content (AvgIpc) is 2.08. The molecule has 12 heavy (non-hydrogen) atoms. The zero-order valence-corrected chi connectivity index (χ0v) is 8.64. The third-order valence-electron chi connectivity index (χ3n) is 1.55. The molecular formula is C8H9BrClNO. The van der Waals surface area contributed by atoms with Gasteiger partial charge in [0.1, 0.15) is 0 Å². The molecule has 4 heteroatoms. The number of hydrogen-bond donors (Lipinski definition) is 2. The van der Waals surface area contributed by atoms with Gasteiger partial charge in [-0.3, -0.25) is 0 Å². The van der Waals surface area contributed by atoms with Crippen molar-refractivity contribution in [2.24, 2.45) is 5.73 Å². The molecule has 1 rings (SSSR count). The van der Waals surface area contributed by atoms with Gasteiger partial charge in [0.05, 0.1) is 12.6 Å². The molecule has 0 amide bonds. The predicted octanol–water partition coefficient (Wildman–Crippen LogP) is 2.09. The lowest BCUT2D eigenvalue weighted by molar-refractivity contribution is 0.267. The van der Waals surface area contributed by atoms with Crippen molar-refractivity contribution in [3.63, 3.8) is 0 Å². The van der Waals surface area contributed by atoms with Gasteiger partial charge in [-0.2, -0.15) is 0 Å². The first kappa shape index (κ1) is 9.99. The van der Waals surface area contributed by atoms with Crippen LogP contribution in [-0.2, 0) is 0 Å². The second kappa shape index (κ2) is 4.23. The fourth-order valence-electron chi connectivity index (χ4n) is 0.897. The Morgan fingerprint density at radius 1 is 1.58 bits per heavy atom. The highest BCUT2D eigenvalue weighted by Gasteiger charge is 2.08. The molecule has 1 aromatic rings. The van der Waals surface area contributed by atoms with E-state index in [2.05, 4.69) is 15.9 Å². The maximum Gasteiger partial charge on any atom is 0.0624 e. The quantitative estimate of drug-likeness (QED) is 0.844. The van der Waals surface area contributed by atoms with Crippen LogP contribution in [0.1, 0.15) is 11.6 Å². The summed E-state index contributed by atoms with van der Waals surface area (Å²) in [6.45, 7) is -0.0844. The summed E-state index contributed by atoms with van der Waals surface area (Å²) in [7, 11) is 0. The molecule has 1 atom stereocenters. The Balaban J connectivity index is 3.04. The highest BCUT2D eigenvalue weighted by Crippen LogP contribution is 2.25. The average molecular weight is 251 g/mol. The second-order valence-electron chi connectivity index (χ2n) is 2.45. The molecule has 0 fully saturated rings. The number of halogens is 2. The van der Waals surface area contributed by atoms with Gasteiger partial charge in [0.2, 0.25) is 0 Å². The summed E-state index contributed by atoms with van der Waals surface area (Å²) in [5, 5.41) is 9.44. The number of aliphatic hydroxyl groups is 1. The molecule has 2 nitrogen and oxygen atoms in total. The van der Waals surface area contributed by atoms with Crippen LogP contribution in [0.4, 0.5) is 0 Å². The van der Waals surface area contributed by atoms with E-state index in [1.165, 1.54) is 0 Å². The lowest BCUT2D eigenvalue weighted by atomic mass is 10.1. The number of aliphatic hydroxyl groups excluding tert-OH is 1. The fraction of sp³-hybridized carbons (Fsp3) is 0.250. The molecular weight excluding hydrogens is 241 g/mol. The summed E-state index contributed by atoms with van der Waals surface area (Å²) in [5.41, 5.74) is 6.45. The first-order valence-corrected chi connectivity index (χ1v) is 4.63. The highest BCUT2D eigenvalue weighted by molar-refractivity contribution is 9.10. The Morgan fingerprint density at radius 2 is 2.25 bits per heavy atom. The van der Waals surface area contributed by atoms with Gasteiger partial charge in [-0.05, 0) is 23.8 Å². The largest absolute Gasteiger partial charge is 0.394 e. The number of nitrogens with two attached hydrogens (primary N) is 1. The minimum absolute atomic E-state index is 0.0844. The molecule has 3 N–H and O–H groups in total. The lowest BCUT2D eigenvalue weighted by Gasteiger charge is -2.10. The minimum atomic E-state index is -0.377. The summed E-state index contributed by atoms with van der Waals surface area (Å²) in [6.07, 6.45) is 0. The van der Waals surface area contributed by atoms with Crippen LogP contribution in [0, 0.1) is 0 Å². The number of rotatable bonds is 2. The van der Waals surface area contributed by atoms with Crippen molar-refractivity contribution < 1.29 is 5.11 Å². The van der Waals surface area contributed by atoms with Crippen molar-refractivity contribution in [2.75, 3.05) is 6.61 Å². The van der Waals surface area contributed by atoms with Crippen LogP contribution < -0.4 is 5.73 Å². The van der Waals surface area contributed by atoms with Gasteiger partial charge in [0.15, 0.2) is 0 Å². The van der Waals surface area contributed by atoms with E-state index in [9.17, 15) is 0 Å². The lowest BCUT2D eigenvalue weighted by Crippen LogP contribution is -2.14. The van der Waals surface area contributed by atoms with Crippen molar-refractivity contribution in [1.82, 2.24) is 0 Å². The Morgan fingerprint density at radius 3 is 2.83 bits per heavy atom. The van der Waals surface area contributed by atoms with Gasteiger partial charge >= 0.3 is 0 Å². The van der Waals surface area contributed by atoms with Gasteiger partial charge in [-0.25, -0.2) is 0 Å². The van der Waals surface area contributed by atoms with Crippen LogP contribution in [0.3, 0.4) is 0 Å². The summed E-state index contributed by atoms with van der Waals surface area (Å²) in [4.78, 5) is 0. The van der Waals surface area contributed by atoms with Gasteiger partial charge in [0, 0.05) is 9.50 Å². The maximum atomic E-state index is 8.81. The molecule has 0 radical (unpaired) electrons. The predicted molar refractivity (Wildman–Crippen MR) is 53.2 cm³/mol. The first-order valence-electron chi connectivity index (χ1n) is 3.46. The smallest absolute Gasteiger partial charge is 0.0624 e. The van der Waals surface area contributed by atoms with Gasteiger partial charge < -0.3 is 10.8 Å². The zero-order valence-electron chi connectivity index (χ0n) is 6.30. The van der Waals surface area contributed by atoms with E-state index >= 15 is 0 Å².